The largest absolute Gasteiger partial charge is 0.364 e. The van der Waals surface area contributed by atoms with Crippen molar-refractivity contribution < 1.29 is 4.79 Å². The van der Waals surface area contributed by atoms with Crippen LogP contribution in [0, 0.1) is 0 Å². The Morgan fingerprint density at radius 1 is 1.77 bits per heavy atom. The molecule has 1 aliphatic heterocycles. The van der Waals surface area contributed by atoms with Crippen LogP contribution in [-0.4, -0.2) is 22.0 Å². The maximum atomic E-state index is 11.0. The molecule has 1 aromatic heterocycles. The summed E-state index contributed by atoms with van der Waals surface area (Å²) in [7, 11) is 0. The molecule has 1 aliphatic rings. The molecule has 0 bridgehead atoms. The summed E-state index contributed by atoms with van der Waals surface area (Å²) in [6.45, 7) is 0.987. The van der Waals surface area contributed by atoms with Crippen molar-refractivity contribution in [3.63, 3.8) is 0 Å². The van der Waals surface area contributed by atoms with Crippen LogP contribution in [0.4, 0.5) is 0 Å². The first kappa shape index (κ1) is 8.25. The number of primary amides is 1. The quantitative estimate of drug-likeness (QED) is 0.665. The van der Waals surface area contributed by atoms with Gasteiger partial charge in [0.25, 0.3) is 5.91 Å². The van der Waals surface area contributed by atoms with Gasteiger partial charge in [-0.15, -0.1) is 0 Å². The summed E-state index contributed by atoms with van der Waals surface area (Å²) in [6.07, 6.45) is 5.48. The van der Waals surface area contributed by atoms with Gasteiger partial charge in [0.1, 0.15) is 5.69 Å². The van der Waals surface area contributed by atoms with Gasteiger partial charge in [0.05, 0.1) is 18.7 Å². The van der Waals surface area contributed by atoms with Crippen LogP contribution < -0.4 is 11.1 Å². The number of amides is 1. The molecule has 0 spiro atoms. The van der Waals surface area contributed by atoms with Gasteiger partial charge in [-0.25, -0.2) is 4.98 Å². The average molecular weight is 180 g/mol. The molecule has 5 nitrogen and oxygen atoms in total. The summed E-state index contributed by atoms with van der Waals surface area (Å²) in [5, 5.41) is 3.27. The molecule has 1 atom stereocenters. The lowest BCUT2D eigenvalue weighted by molar-refractivity contribution is 0.0988. The molecule has 0 saturated carbocycles. The Morgan fingerprint density at radius 2 is 2.62 bits per heavy atom. The summed E-state index contributed by atoms with van der Waals surface area (Å²) in [5.41, 5.74) is 5.67. The number of carbonyl (C=O) groups is 1. The standard InChI is InChI=1S/C8H12N4O/c9-8(13)6-4-10-5-12(6)7-2-1-3-11-7/h4-5,7,11H,1-3H2,(H2,9,13). The van der Waals surface area contributed by atoms with Crippen molar-refractivity contribution in [1.82, 2.24) is 14.9 Å². The molecule has 0 aromatic carbocycles. The number of nitrogens with one attached hydrogen (secondary N) is 1. The summed E-state index contributed by atoms with van der Waals surface area (Å²) in [6, 6.07) is 0. The van der Waals surface area contributed by atoms with E-state index in [-0.39, 0.29) is 6.17 Å². The predicted octanol–water partition coefficient (Wildman–Crippen LogP) is -0.136. The normalized spacial score (nSPS) is 22.0. The average Bonchev–Trinajstić information content (AvgIpc) is 2.74. The zero-order chi connectivity index (χ0) is 9.26. The van der Waals surface area contributed by atoms with Crippen molar-refractivity contribution >= 4 is 5.91 Å². The number of carbonyl (C=O) groups excluding carboxylic acids is 1. The summed E-state index contributed by atoms with van der Waals surface area (Å²) < 4.78 is 1.80. The third-order valence-corrected chi connectivity index (χ3v) is 2.29. The van der Waals surface area contributed by atoms with E-state index in [4.69, 9.17) is 5.73 Å². The van der Waals surface area contributed by atoms with Gasteiger partial charge in [-0.05, 0) is 19.4 Å². The minimum absolute atomic E-state index is 0.185. The van der Waals surface area contributed by atoms with Gasteiger partial charge in [-0.2, -0.15) is 0 Å². The number of hydrogen-bond donors (Lipinski definition) is 2. The minimum atomic E-state index is -0.425. The van der Waals surface area contributed by atoms with Crippen molar-refractivity contribution in [1.29, 1.82) is 0 Å². The third kappa shape index (κ3) is 1.42. The minimum Gasteiger partial charge on any atom is -0.364 e. The molecule has 70 valence electrons. The van der Waals surface area contributed by atoms with Gasteiger partial charge in [-0.1, -0.05) is 0 Å². The van der Waals surface area contributed by atoms with Crippen LogP contribution in [0.5, 0.6) is 0 Å². The second kappa shape index (κ2) is 3.18. The van der Waals surface area contributed by atoms with Gasteiger partial charge in [0, 0.05) is 0 Å². The van der Waals surface area contributed by atoms with Crippen molar-refractivity contribution in [3.8, 4) is 0 Å². The molecule has 1 fully saturated rings. The molecule has 2 heterocycles. The molecule has 0 radical (unpaired) electrons. The fraction of sp³-hybridized carbons (Fsp3) is 0.500. The molecule has 0 aliphatic carbocycles. The molecule has 13 heavy (non-hydrogen) atoms. The monoisotopic (exact) mass is 180 g/mol. The molecule has 2 rings (SSSR count). The third-order valence-electron chi connectivity index (χ3n) is 2.29. The molecule has 3 N–H and O–H groups in total. The fourth-order valence-corrected chi connectivity index (χ4v) is 1.65. The van der Waals surface area contributed by atoms with Crippen LogP contribution in [0.25, 0.3) is 0 Å². The first-order valence-electron chi connectivity index (χ1n) is 4.34. The zero-order valence-corrected chi connectivity index (χ0v) is 7.23. The second-order valence-corrected chi connectivity index (χ2v) is 3.16. The van der Waals surface area contributed by atoms with E-state index in [9.17, 15) is 4.79 Å². The van der Waals surface area contributed by atoms with Gasteiger partial charge in [-0.3, -0.25) is 10.1 Å². The highest BCUT2D eigenvalue weighted by atomic mass is 16.1. The molecule has 1 aromatic rings. The molecule has 5 heteroatoms. The number of hydrogen-bond acceptors (Lipinski definition) is 3. The predicted molar refractivity (Wildman–Crippen MR) is 47.0 cm³/mol. The van der Waals surface area contributed by atoms with Crippen molar-refractivity contribution in [2.45, 2.75) is 19.0 Å². The van der Waals surface area contributed by atoms with Crippen molar-refractivity contribution in [2.75, 3.05) is 6.54 Å². The molecular formula is C8H12N4O. The lowest BCUT2D eigenvalue weighted by Crippen LogP contribution is -2.25. The Kier molecular flexibility index (Phi) is 2.02. The molecule has 1 unspecified atom stereocenters. The number of nitrogens with two attached hydrogens (primary N) is 1. The highest BCUT2D eigenvalue weighted by Crippen LogP contribution is 2.17. The Labute approximate surface area is 75.9 Å². The molecular weight excluding hydrogens is 168 g/mol. The van der Waals surface area contributed by atoms with Crippen molar-refractivity contribution in [2.24, 2.45) is 5.73 Å². The van der Waals surface area contributed by atoms with E-state index in [1.807, 2.05) is 0 Å². The highest BCUT2D eigenvalue weighted by Gasteiger charge is 2.19. The van der Waals surface area contributed by atoms with Crippen LogP contribution in [-0.2, 0) is 0 Å². The van der Waals surface area contributed by atoms with Crippen molar-refractivity contribution in [3.05, 3.63) is 18.2 Å². The number of imidazole rings is 1. The molecule has 1 saturated heterocycles. The smallest absolute Gasteiger partial charge is 0.267 e. The fourth-order valence-electron chi connectivity index (χ4n) is 1.65. The Bertz CT molecular complexity index is 314. The SMILES string of the molecule is NC(=O)c1cncn1C1CCCN1. The topological polar surface area (TPSA) is 72.9 Å². The maximum Gasteiger partial charge on any atom is 0.267 e. The Morgan fingerprint density at radius 3 is 3.23 bits per heavy atom. The molecule has 1 amide bonds. The van der Waals surface area contributed by atoms with E-state index in [2.05, 4.69) is 10.3 Å². The van der Waals surface area contributed by atoms with E-state index >= 15 is 0 Å². The number of nitrogens with zero attached hydrogens (tertiary/aromatic N) is 2. The van der Waals surface area contributed by atoms with E-state index in [1.54, 1.807) is 10.9 Å². The van der Waals surface area contributed by atoms with E-state index < -0.39 is 5.91 Å². The van der Waals surface area contributed by atoms with Crippen LogP contribution in [0.3, 0.4) is 0 Å². The first-order chi connectivity index (χ1) is 6.29. The van der Waals surface area contributed by atoms with Gasteiger partial charge >= 0.3 is 0 Å². The Balaban J connectivity index is 2.28. The Hall–Kier alpha value is -1.36. The lowest BCUT2D eigenvalue weighted by Gasteiger charge is -2.13. The summed E-state index contributed by atoms with van der Waals surface area (Å²) >= 11 is 0. The van der Waals surface area contributed by atoms with Gasteiger partial charge < -0.3 is 10.3 Å². The number of aromatic nitrogens is 2. The van der Waals surface area contributed by atoms with Crippen LogP contribution in [0.2, 0.25) is 0 Å². The maximum absolute atomic E-state index is 11.0. The van der Waals surface area contributed by atoms with E-state index in [0.29, 0.717) is 5.69 Å². The van der Waals surface area contributed by atoms with Gasteiger partial charge in [0.2, 0.25) is 0 Å². The lowest BCUT2D eigenvalue weighted by atomic mass is 10.3. The van der Waals surface area contributed by atoms with E-state index in [1.165, 1.54) is 6.20 Å². The second-order valence-electron chi connectivity index (χ2n) is 3.16. The highest BCUT2D eigenvalue weighted by molar-refractivity contribution is 5.90. The van der Waals surface area contributed by atoms with E-state index in [0.717, 1.165) is 19.4 Å². The zero-order valence-electron chi connectivity index (χ0n) is 7.23. The van der Waals surface area contributed by atoms with Crippen LogP contribution in [0.1, 0.15) is 29.5 Å². The summed E-state index contributed by atoms with van der Waals surface area (Å²) in [5.74, 6) is -0.425. The van der Waals surface area contributed by atoms with Crippen LogP contribution >= 0.6 is 0 Å². The van der Waals surface area contributed by atoms with Crippen LogP contribution in [0.15, 0.2) is 12.5 Å². The summed E-state index contributed by atoms with van der Waals surface area (Å²) in [4.78, 5) is 14.9. The number of rotatable bonds is 2. The van der Waals surface area contributed by atoms with Gasteiger partial charge in [0.15, 0.2) is 0 Å². The first-order valence-corrected chi connectivity index (χ1v) is 4.34.